The summed E-state index contributed by atoms with van der Waals surface area (Å²) in [7, 11) is 0. The van der Waals surface area contributed by atoms with Crippen molar-refractivity contribution in [1.82, 2.24) is 20.2 Å². The molecule has 24 heavy (non-hydrogen) atoms. The van der Waals surface area contributed by atoms with Crippen molar-refractivity contribution in [3.05, 3.63) is 52.9 Å². The molecule has 0 aliphatic rings. The summed E-state index contributed by atoms with van der Waals surface area (Å²) in [6.07, 6.45) is 1.60. The van der Waals surface area contributed by atoms with E-state index in [-0.39, 0.29) is 0 Å². The van der Waals surface area contributed by atoms with E-state index in [2.05, 4.69) is 54.3 Å². The fourth-order valence-corrected chi connectivity index (χ4v) is 4.52. The molecule has 0 fully saturated rings. The van der Waals surface area contributed by atoms with Crippen molar-refractivity contribution in [1.29, 1.82) is 0 Å². The van der Waals surface area contributed by atoms with Crippen LogP contribution in [0.4, 0.5) is 0 Å². The van der Waals surface area contributed by atoms with E-state index < -0.39 is 0 Å². The van der Waals surface area contributed by atoms with Gasteiger partial charge in [0.25, 0.3) is 0 Å². The lowest BCUT2D eigenvalue weighted by molar-refractivity contribution is 0.485. The summed E-state index contributed by atoms with van der Waals surface area (Å²) in [6.45, 7) is 1.79. The third kappa shape index (κ3) is 3.22. The van der Waals surface area contributed by atoms with Crippen molar-refractivity contribution >= 4 is 49.2 Å². The van der Waals surface area contributed by atoms with E-state index in [1.54, 1.807) is 36.3 Å². The zero-order chi connectivity index (χ0) is 16.5. The second-order valence-electron chi connectivity index (χ2n) is 5.01. The Bertz CT molecular complexity index is 997. The van der Waals surface area contributed by atoms with Gasteiger partial charge in [-0.2, -0.15) is 0 Å². The SMILES string of the molecule is Cc1nnc(CSc2ncnc3cc(-c4ccc(Br)cc4)sc23)o1. The standard InChI is InChI=1S/C16H11BrN4OS2/c1-9-20-21-14(22-9)7-23-16-15-12(18-8-19-16)6-13(24-15)10-2-4-11(17)5-3-10/h2-6,8H,7H2,1H3. The number of aryl methyl sites for hydroxylation is 1. The molecule has 3 aromatic heterocycles. The van der Waals surface area contributed by atoms with Gasteiger partial charge in [0, 0.05) is 16.3 Å². The lowest BCUT2D eigenvalue weighted by atomic mass is 10.2. The van der Waals surface area contributed by atoms with Gasteiger partial charge in [0.1, 0.15) is 11.4 Å². The molecule has 4 aromatic rings. The largest absolute Gasteiger partial charge is 0.425 e. The third-order valence-electron chi connectivity index (χ3n) is 3.31. The Hall–Kier alpha value is -1.77. The Balaban J connectivity index is 1.65. The number of fused-ring (bicyclic) bond motifs is 1. The van der Waals surface area contributed by atoms with Crippen molar-refractivity contribution in [2.24, 2.45) is 0 Å². The molecule has 0 aliphatic carbocycles. The number of hydrogen-bond donors (Lipinski definition) is 0. The molecule has 0 saturated carbocycles. The first-order chi connectivity index (χ1) is 11.7. The van der Waals surface area contributed by atoms with Crippen molar-refractivity contribution in [2.75, 3.05) is 0 Å². The average molecular weight is 419 g/mol. The lowest BCUT2D eigenvalue weighted by Crippen LogP contribution is -1.85. The van der Waals surface area contributed by atoms with Gasteiger partial charge in [0.2, 0.25) is 11.8 Å². The summed E-state index contributed by atoms with van der Waals surface area (Å²) in [6, 6.07) is 10.4. The zero-order valence-electron chi connectivity index (χ0n) is 12.6. The number of hydrogen-bond acceptors (Lipinski definition) is 7. The minimum Gasteiger partial charge on any atom is -0.425 e. The van der Waals surface area contributed by atoms with Gasteiger partial charge in [-0.05, 0) is 23.8 Å². The highest BCUT2D eigenvalue weighted by atomic mass is 79.9. The summed E-state index contributed by atoms with van der Waals surface area (Å²) in [5.74, 6) is 1.78. The molecule has 0 bridgehead atoms. The first-order valence-electron chi connectivity index (χ1n) is 7.11. The number of nitrogens with zero attached hydrogens (tertiary/aromatic N) is 4. The summed E-state index contributed by atoms with van der Waals surface area (Å²) >= 11 is 6.74. The van der Waals surface area contributed by atoms with Gasteiger partial charge in [-0.1, -0.05) is 39.8 Å². The average Bonchev–Trinajstić information content (AvgIpc) is 3.20. The molecule has 120 valence electrons. The van der Waals surface area contributed by atoms with Gasteiger partial charge in [-0.3, -0.25) is 0 Å². The molecule has 0 unspecified atom stereocenters. The van der Waals surface area contributed by atoms with Crippen LogP contribution in [0.5, 0.6) is 0 Å². The molecular weight excluding hydrogens is 408 g/mol. The number of benzene rings is 1. The maximum absolute atomic E-state index is 5.42. The summed E-state index contributed by atoms with van der Waals surface area (Å²) < 4.78 is 7.56. The smallest absolute Gasteiger partial charge is 0.226 e. The van der Waals surface area contributed by atoms with E-state index in [4.69, 9.17) is 4.42 Å². The fraction of sp³-hybridized carbons (Fsp3) is 0.125. The van der Waals surface area contributed by atoms with E-state index >= 15 is 0 Å². The Labute approximate surface area is 154 Å². The van der Waals surface area contributed by atoms with E-state index in [1.807, 2.05) is 12.1 Å². The van der Waals surface area contributed by atoms with Gasteiger partial charge in [0.05, 0.1) is 16.0 Å². The van der Waals surface area contributed by atoms with E-state index in [1.165, 1.54) is 10.4 Å². The van der Waals surface area contributed by atoms with Crippen molar-refractivity contribution in [3.8, 4) is 10.4 Å². The number of aromatic nitrogens is 4. The molecule has 8 heteroatoms. The highest BCUT2D eigenvalue weighted by molar-refractivity contribution is 9.10. The zero-order valence-corrected chi connectivity index (χ0v) is 15.8. The summed E-state index contributed by atoms with van der Waals surface area (Å²) in [5, 5.41) is 8.80. The quantitative estimate of drug-likeness (QED) is 0.339. The monoisotopic (exact) mass is 418 g/mol. The highest BCUT2D eigenvalue weighted by Crippen LogP contribution is 2.37. The van der Waals surface area contributed by atoms with Gasteiger partial charge >= 0.3 is 0 Å². The first-order valence-corrected chi connectivity index (χ1v) is 9.71. The van der Waals surface area contributed by atoms with Gasteiger partial charge < -0.3 is 4.42 Å². The van der Waals surface area contributed by atoms with Crippen LogP contribution in [-0.2, 0) is 5.75 Å². The molecule has 0 spiro atoms. The molecule has 3 heterocycles. The van der Waals surface area contributed by atoms with Crippen molar-refractivity contribution in [2.45, 2.75) is 17.7 Å². The van der Waals surface area contributed by atoms with Crippen LogP contribution in [0.25, 0.3) is 20.7 Å². The maximum Gasteiger partial charge on any atom is 0.226 e. The van der Waals surface area contributed by atoms with Crippen molar-refractivity contribution < 1.29 is 4.42 Å². The van der Waals surface area contributed by atoms with Gasteiger partial charge in [0.15, 0.2) is 0 Å². The van der Waals surface area contributed by atoms with Crippen LogP contribution in [0.15, 0.2) is 50.6 Å². The Morgan fingerprint density at radius 1 is 1.17 bits per heavy atom. The topological polar surface area (TPSA) is 64.7 Å². The molecule has 0 saturated heterocycles. The van der Waals surface area contributed by atoms with E-state index in [0.29, 0.717) is 17.5 Å². The Morgan fingerprint density at radius 3 is 2.75 bits per heavy atom. The number of rotatable bonds is 4. The third-order valence-corrected chi connectivity index (χ3v) is 6.12. The van der Waals surface area contributed by atoms with Crippen LogP contribution in [0.2, 0.25) is 0 Å². The maximum atomic E-state index is 5.42. The van der Waals surface area contributed by atoms with E-state index in [9.17, 15) is 0 Å². The van der Waals surface area contributed by atoms with Crippen molar-refractivity contribution in [3.63, 3.8) is 0 Å². The predicted octanol–water partition coefficient (Wildman–Crippen LogP) is 5.10. The second kappa shape index (κ2) is 6.62. The molecule has 0 aliphatic heterocycles. The van der Waals surface area contributed by atoms with Crippen LogP contribution in [0, 0.1) is 6.92 Å². The number of thiophene rings is 1. The second-order valence-corrected chi connectivity index (χ2v) is 7.95. The number of thioether (sulfide) groups is 1. The van der Waals surface area contributed by atoms with Gasteiger partial charge in [-0.15, -0.1) is 21.5 Å². The van der Waals surface area contributed by atoms with Gasteiger partial charge in [-0.25, -0.2) is 9.97 Å². The molecule has 0 atom stereocenters. The Morgan fingerprint density at radius 2 is 2.00 bits per heavy atom. The molecule has 0 amide bonds. The Kier molecular flexibility index (Phi) is 4.34. The van der Waals surface area contributed by atoms with Crippen LogP contribution < -0.4 is 0 Å². The summed E-state index contributed by atoms with van der Waals surface area (Å²) in [5.41, 5.74) is 2.13. The minimum absolute atomic E-state index is 0.576. The molecule has 0 N–H and O–H groups in total. The van der Waals surface area contributed by atoms with Crippen LogP contribution in [-0.4, -0.2) is 20.2 Å². The predicted molar refractivity (Wildman–Crippen MR) is 99.1 cm³/mol. The first kappa shape index (κ1) is 15.7. The molecule has 5 nitrogen and oxygen atoms in total. The molecule has 4 rings (SSSR count). The molecule has 0 radical (unpaired) electrons. The van der Waals surface area contributed by atoms with Crippen LogP contribution in [0.1, 0.15) is 11.8 Å². The minimum atomic E-state index is 0.576. The van der Waals surface area contributed by atoms with Crippen LogP contribution in [0.3, 0.4) is 0 Å². The molecular formula is C16H11BrN4OS2. The lowest BCUT2D eigenvalue weighted by Gasteiger charge is -1.98. The normalized spacial score (nSPS) is 11.2. The number of halogens is 1. The van der Waals surface area contributed by atoms with E-state index in [0.717, 1.165) is 19.7 Å². The fourth-order valence-electron chi connectivity index (χ4n) is 2.22. The molecule has 1 aromatic carbocycles. The highest BCUT2D eigenvalue weighted by Gasteiger charge is 2.12. The summed E-state index contributed by atoms with van der Waals surface area (Å²) in [4.78, 5) is 9.98. The van der Waals surface area contributed by atoms with Crippen LogP contribution >= 0.6 is 39.0 Å².